The van der Waals surface area contributed by atoms with E-state index in [4.69, 9.17) is 0 Å². The zero-order valence-electron chi connectivity index (χ0n) is 14.5. The van der Waals surface area contributed by atoms with E-state index in [1.165, 1.54) is 12.0 Å². The van der Waals surface area contributed by atoms with Crippen LogP contribution in [0, 0.1) is 0 Å². The van der Waals surface area contributed by atoms with Gasteiger partial charge in [-0.1, -0.05) is 37.3 Å². The van der Waals surface area contributed by atoms with E-state index in [9.17, 15) is 0 Å². The van der Waals surface area contributed by atoms with Crippen molar-refractivity contribution in [1.29, 1.82) is 0 Å². The molecule has 0 aliphatic heterocycles. The molecule has 0 aliphatic rings. The number of rotatable bonds is 7. The summed E-state index contributed by atoms with van der Waals surface area (Å²) < 4.78 is 0. The summed E-state index contributed by atoms with van der Waals surface area (Å²) in [6.45, 7) is 7.28. The normalized spacial score (nSPS) is 12.7. The molecule has 4 nitrogen and oxygen atoms in total. The fourth-order valence-electron chi connectivity index (χ4n) is 2.19. The molecule has 0 saturated carbocycles. The molecular weight excluding hydrogens is 387 g/mol. The molecule has 0 saturated heterocycles. The van der Waals surface area contributed by atoms with Crippen molar-refractivity contribution < 1.29 is 0 Å². The van der Waals surface area contributed by atoms with Crippen molar-refractivity contribution in [3.05, 3.63) is 35.9 Å². The van der Waals surface area contributed by atoms with Gasteiger partial charge in [-0.05, 0) is 26.0 Å². The van der Waals surface area contributed by atoms with Crippen molar-refractivity contribution in [3.8, 4) is 0 Å². The Morgan fingerprint density at radius 1 is 1.23 bits per heavy atom. The first-order valence-electron chi connectivity index (χ1n) is 7.74. The predicted molar refractivity (Wildman–Crippen MR) is 107 cm³/mol. The van der Waals surface area contributed by atoms with Gasteiger partial charge in [0, 0.05) is 39.8 Å². The van der Waals surface area contributed by atoms with Gasteiger partial charge in [0.2, 0.25) is 0 Å². The third-order valence-corrected chi connectivity index (χ3v) is 3.93. The van der Waals surface area contributed by atoms with Crippen LogP contribution >= 0.6 is 24.0 Å². The Labute approximate surface area is 153 Å². The van der Waals surface area contributed by atoms with Crippen molar-refractivity contribution >= 4 is 29.9 Å². The standard InChI is InChI=1S/C17H30N4.HI/c1-6-15(2)20(4)13-12-19-17(18-3)21(5)14-16-10-8-7-9-11-16;/h7-11,15H,6,12-14H2,1-5H3,(H,18,19);1H. The summed E-state index contributed by atoms with van der Waals surface area (Å²) in [5, 5.41) is 3.43. The Morgan fingerprint density at radius 3 is 2.41 bits per heavy atom. The molecule has 1 atom stereocenters. The highest BCUT2D eigenvalue weighted by molar-refractivity contribution is 14.0. The first-order chi connectivity index (χ1) is 10.1. The second kappa shape index (κ2) is 11.7. The topological polar surface area (TPSA) is 30.9 Å². The van der Waals surface area contributed by atoms with Crippen molar-refractivity contribution in [2.45, 2.75) is 32.9 Å². The lowest BCUT2D eigenvalue weighted by atomic mass is 10.2. The van der Waals surface area contributed by atoms with Gasteiger partial charge in [0.15, 0.2) is 5.96 Å². The molecule has 1 rings (SSSR count). The molecule has 126 valence electrons. The van der Waals surface area contributed by atoms with Crippen LogP contribution in [0.4, 0.5) is 0 Å². The molecule has 1 N–H and O–H groups in total. The monoisotopic (exact) mass is 418 g/mol. The third kappa shape index (κ3) is 7.45. The summed E-state index contributed by atoms with van der Waals surface area (Å²) in [6, 6.07) is 11.1. The van der Waals surface area contributed by atoms with Crippen LogP contribution in [0.2, 0.25) is 0 Å². The van der Waals surface area contributed by atoms with Crippen LogP contribution in [-0.4, -0.2) is 56.0 Å². The van der Waals surface area contributed by atoms with E-state index in [2.05, 4.69) is 72.3 Å². The fraction of sp³-hybridized carbons (Fsp3) is 0.588. The maximum Gasteiger partial charge on any atom is 0.193 e. The second-order valence-electron chi connectivity index (χ2n) is 5.55. The van der Waals surface area contributed by atoms with Crippen molar-refractivity contribution in [2.75, 3.05) is 34.2 Å². The number of hydrogen-bond acceptors (Lipinski definition) is 2. The molecule has 1 aromatic rings. The molecule has 0 fully saturated rings. The molecule has 1 aromatic carbocycles. The predicted octanol–water partition coefficient (Wildman–Crippen LogP) is 3.04. The van der Waals surface area contributed by atoms with E-state index < -0.39 is 0 Å². The van der Waals surface area contributed by atoms with Gasteiger partial charge in [-0.25, -0.2) is 0 Å². The van der Waals surface area contributed by atoms with Crippen LogP contribution in [0.1, 0.15) is 25.8 Å². The van der Waals surface area contributed by atoms with Crippen LogP contribution in [0.25, 0.3) is 0 Å². The minimum Gasteiger partial charge on any atom is -0.355 e. The summed E-state index contributed by atoms with van der Waals surface area (Å²) in [4.78, 5) is 8.88. The number of guanidine groups is 1. The summed E-state index contributed by atoms with van der Waals surface area (Å²) in [5.74, 6) is 0.941. The maximum atomic E-state index is 4.36. The zero-order chi connectivity index (χ0) is 15.7. The lowest BCUT2D eigenvalue weighted by Gasteiger charge is -2.26. The van der Waals surface area contributed by atoms with Crippen LogP contribution < -0.4 is 5.32 Å². The van der Waals surface area contributed by atoms with E-state index in [1.54, 1.807) is 0 Å². The van der Waals surface area contributed by atoms with Crippen molar-refractivity contribution in [1.82, 2.24) is 15.1 Å². The smallest absolute Gasteiger partial charge is 0.193 e. The second-order valence-corrected chi connectivity index (χ2v) is 5.55. The molecule has 0 bridgehead atoms. The molecule has 0 radical (unpaired) electrons. The van der Waals surface area contributed by atoms with Gasteiger partial charge in [-0.3, -0.25) is 4.99 Å². The number of likely N-dealkylation sites (N-methyl/N-ethyl adjacent to an activating group) is 1. The number of aliphatic imine (C=N–C) groups is 1. The van der Waals surface area contributed by atoms with Crippen molar-refractivity contribution in [3.63, 3.8) is 0 Å². The summed E-state index contributed by atoms with van der Waals surface area (Å²) >= 11 is 0. The lowest BCUT2D eigenvalue weighted by Crippen LogP contribution is -2.42. The molecule has 0 amide bonds. The van der Waals surface area contributed by atoms with Gasteiger partial charge in [0.1, 0.15) is 0 Å². The summed E-state index contributed by atoms with van der Waals surface area (Å²) in [7, 11) is 6.08. The Hall–Kier alpha value is -0.820. The van der Waals surface area contributed by atoms with Crippen LogP contribution in [0.3, 0.4) is 0 Å². The maximum absolute atomic E-state index is 4.36. The summed E-state index contributed by atoms with van der Waals surface area (Å²) in [5.41, 5.74) is 1.29. The first kappa shape index (κ1) is 21.2. The fourth-order valence-corrected chi connectivity index (χ4v) is 2.19. The number of nitrogens with zero attached hydrogens (tertiary/aromatic N) is 3. The highest BCUT2D eigenvalue weighted by Crippen LogP contribution is 2.03. The lowest BCUT2D eigenvalue weighted by molar-refractivity contribution is 0.255. The van der Waals surface area contributed by atoms with Gasteiger partial charge >= 0.3 is 0 Å². The molecule has 0 heterocycles. The number of benzene rings is 1. The average molecular weight is 418 g/mol. The number of halogens is 1. The van der Waals surface area contributed by atoms with E-state index in [0.29, 0.717) is 6.04 Å². The van der Waals surface area contributed by atoms with E-state index in [-0.39, 0.29) is 24.0 Å². The quantitative estimate of drug-likeness (QED) is 0.420. The Kier molecular flexibility index (Phi) is 11.3. The zero-order valence-corrected chi connectivity index (χ0v) is 16.9. The van der Waals surface area contributed by atoms with Crippen LogP contribution in [0.15, 0.2) is 35.3 Å². The van der Waals surface area contributed by atoms with Gasteiger partial charge in [0.05, 0.1) is 0 Å². The molecular formula is C17H31IN4. The Balaban J connectivity index is 0.00000441. The number of nitrogens with one attached hydrogen (secondary N) is 1. The molecule has 0 spiro atoms. The van der Waals surface area contributed by atoms with Crippen molar-refractivity contribution in [2.24, 2.45) is 4.99 Å². The molecule has 5 heteroatoms. The highest BCUT2D eigenvalue weighted by atomic mass is 127. The Morgan fingerprint density at radius 2 is 1.86 bits per heavy atom. The molecule has 22 heavy (non-hydrogen) atoms. The van der Waals surface area contributed by atoms with Gasteiger partial charge in [-0.15, -0.1) is 24.0 Å². The largest absolute Gasteiger partial charge is 0.355 e. The number of hydrogen-bond donors (Lipinski definition) is 1. The van der Waals surface area contributed by atoms with Crippen LogP contribution in [-0.2, 0) is 6.54 Å². The minimum absolute atomic E-state index is 0. The highest BCUT2D eigenvalue weighted by Gasteiger charge is 2.08. The van der Waals surface area contributed by atoms with E-state index in [1.807, 2.05) is 13.1 Å². The van der Waals surface area contributed by atoms with Gasteiger partial charge < -0.3 is 15.1 Å². The van der Waals surface area contributed by atoms with Gasteiger partial charge in [0.25, 0.3) is 0 Å². The molecule has 0 aromatic heterocycles. The molecule has 0 aliphatic carbocycles. The first-order valence-corrected chi connectivity index (χ1v) is 7.74. The van der Waals surface area contributed by atoms with Gasteiger partial charge in [-0.2, -0.15) is 0 Å². The average Bonchev–Trinajstić information content (AvgIpc) is 2.51. The van der Waals surface area contributed by atoms with E-state index >= 15 is 0 Å². The minimum atomic E-state index is 0. The summed E-state index contributed by atoms with van der Waals surface area (Å²) in [6.07, 6.45) is 1.18. The third-order valence-electron chi connectivity index (χ3n) is 3.93. The molecule has 1 unspecified atom stereocenters. The van der Waals surface area contributed by atoms with E-state index in [0.717, 1.165) is 25.6 Å². The van der Waals surface area contributed by atoms with Crippen LogP contribution in [0.5, 0.6) is 0 Å². The Bertz CT molecular complexity index is 422. The SMILES string of the molecule is CCC(C)N(C)CCNC(=NC)N(C)Cc1ccccc1.I.